The first-order chi connectivity index (χ1) is 22.4. The molecule has 3 aromatic rings. The number of hydrogen-bond acceptors (Lipinski definition) is 5. The van der Waals surface area contributed by atoms with Crippen molar-refractivity contribution < 1.29 is 50.5 Å². The second-order valence-electron chi connectivity index (χ2n) is 13.2. The van der Waals surface area contributed by atoms with Crippen LogP contribution in [0.3, 0.4) is 0 Å². The molecule has 14 heteroatoms. The lowest BCUT2D eigenvalue weighted by molar-refractivity contribution is -0.145. The fraction of sp³-hybridized carbons (Fsp3) is 0.429. The molecule has 0 aromatic heterocycles. The number of hydrogen-bond donors (Lipinski definition) is 2. The van der Waals surface area contributed by atoms with Gasteiger partial charge in [-0.2, -0.15) is 26.3 Å². The molecule has 1 amide bonds. The first kappa shape index (κ1) is 37.8. The third-order valence-electron chi connectivity index (χ3n) is 8.69. The van der Waals surface area contributed by atoms with E-state index in [-0.39, 0.29) is 61.3 Å². The summed E-state index contributed by atoms with van der Waals surface area (Å²) < 4.78 is 90.8. The predicted octanol–water partition coefficient (Wildman–Crippen LogP) is 7.26. The van der Waals surface area contributed by atoms with Crippen LogP contribution in [0.4, 0.5) is 26.3 Å². The Bertz CT molecular complexity index is 1580. The summed E-state index contributed by atoms with van der Waals surface area (Å²) in [7, 11) is 0. The van der Waals surface area contributed by atoms with E-state index < -0.39 is 47.0 Å². The van der Waals surface area contributed by atoms with Crippen molar-refractivity contribution in [2.45, 2.75) is 57.1 Å². The van der Waals surface area contributed by atoms with Crippen molar-refractivity contribution in [2.75, 3.05) is 26.2 Å². The molecule has 1 heterocycles. The molecule has 1 aliphatic carbocycles. The number of nitrogens with zero attached hydrogens (tertiary/aromatic N) is 1. The van der Waals surface area contributed by atoms with Gasteiger partial charge in [0.1, 0.15) is 18.1 Å². The van der Waals surface area contributed by atoms with Crippen molar-refractivity contribution in [2.24, 2.45) is 11.8 Å². The molecular weight excluding hydrogens is 678 g/mol. The molecule has 49 heavy (non-hydrogen) atoms. The van der Waals surface area contributed by atoms with Gasteiger partial charge in [0, 0.05) is 37.7 Å². The van der Waals surface area contributed by atoms with Crippen molar-refractivity contribution in [3.63, 3.8) is 0 Å². The van der Waals surface area contributed by atoms with E-state index in [0.29, 0.717) is 36.8 Å². The second-order valence-corrected chi connectivity index (χ2v) is 13.2. The average Bonchev–Trinajstić information content (AvgIpc) is 3.45. The first-order valence-corrected chi connectivity index (χ1v) is 15.4. The number of benzene rings is 3. The molecule has 0 bridgehead atoms. The van der Waals surface area contributed by atoms with Crippen molar-refractivity contribution in [1.29, 1.82) is 0 Å². The Balaban J connectivity index is 0.00000541. The lowest BCUT2D eigenvalue weighted by atomic mass is 9.87. The van der Waals surface area contributed by atoms with Gasteiger partial charge in [-0.05, 0) is 70.8 Å². The highest BCUT2D eigenvalue weighted by atomic mass is 35.5. The maximum atomic E-state index is 13.2. The molecule has 0 spiro atoms. The van der Waals surface area contributed by atoms with Gasteiger partial charge in [0.15, 0.2) is 6.10 Å². The normalized spacial score (nSPS) is 19.4. The Kier molecular flexibility index (Phi) is 11.2. The van der Waals surface area contributed by atoms with Crippen LogP contribution in [0.1, 0.15) is 53.4 Å². The van der Waals surface area contributed by atoms with E-state index >= 15 is 0 Å². The highest BCUT2D eigenvalue weighted by molar-refractivity contribution is 5.95. The number of likely N-dealkylation sites (tertiary alicyclic amines) is 1. The van der Waals surface area contributed by atoms with E-state index in [2.05, 4.69) is 26.1 Å². The van der Waals surface area contributed by atoms with Crippen LogP contribution in [0, 0.1) is 11.8 Å². The molecule has 5 rings (SSSR count). The van der Waals surface area contributed by atoms with E-state index in [1.165, 1.54) is 4.90 Å². The third kappa shape index (κ3) is 9.39. The third-order valence-corrected chi connectivity index (χ3v) is 8.69. The molecule has 2 fully saturated rings. The summed E-state index contributed by atoms with van der Waals surface area (Å²) in [6, 6.07) is 15.4. The summed E-state index contributed by atoms with van der Waals surface area (Å²) in [5, 5.41) is 13.0. The van der Waals surface area contributed by atoms with Gasteiger partial charge < -0.3 is 24.8 Å². The number of piperidine rings is 1. The zero-order valence-electron chi connectivity index (χ0n) is 26.9. The molecular formula is C35H37ClF6N2O5. The van der Waals surface area contributed by atoms with Crippen LogP contribution in [0.25, 0.3) is 0 Å². The fourth-order valence-corrected chi connectivity index (χ4v) is 5.96. The minimum Gasteiger partial charge on any atom is -0.492 e. The Morgan fingerprint density at radius 3 is 1.86 bits per heavy atom. The number of carbonyl (C=O) groups is 2. The molecule has 1 aliphatic heterocycles. The second kappa shape index (κ2) is 14.5. The van der Waals surface area contributed by atoms with Gasteiger partial charge in [-0.1, -0.05) is 45.0 Å². The van der Waals surface area contributed by atoms with Crippen LogP contribution in [-0.2, 0) is 29.0 Å². The highest BCUT2D eigenvalue weighted by Crippen LogP contribution is 2.46. The van der Waals surface area contributed by atoms with Crippen molar-refractivity contribution in [3.05, 3.63) is 94.5 Å². The minimum atomic E-state index is -5.03. The maximum Gasteiger partial charge on any atom is 0.416 e. The molecule has 0 unspecified atom stereocenters. The van der Waals surface area contributed by atoms with Gasteiger partial charge in [0.25, 0.3) is 5.91 Å². The Morgan fingerprint density at radius 2 is 1.37 bits per heavy atom. The number of ether oxygens (including phenoxy) is 2. The summed E-state index contributed by atoms with van der Waals surface area (Å²) >= 11 is 0. The number of amides is 1. The smallest absolute Gasteiger partial charge is 0.416 e. The number of aliphatic carboxylic acids is 1. The summed E-state index contributed by atoms with van der Waals surface area (Å²) in [5.74, 6) is -0.801. The standard InChI is InChI=1S/C35H36F6N2O5.ClH/c1-33(2,3)22-6-10-26(11-7-22)48-29(32(45)46)14-20-4-8-25(9-5-20)47-13-12-42-30-27-18-43(19-28(27)30)31(44)21-15-23(34(36,37)38)17-24(16-21)35(39,40)41;/h4-11,15-17,27-30,42H,12-14,18-19H2,1-3H3,(H,45,46);1H/t27-,28+,29-,30+;/m0./s1. The zero-order chi connectivity index (χ0) is 35.0. The van der Waals surface area contributed by atoms with Gasteiger partial charge in [0.05, 0.1) is 11.1 Å². The SMILES string of the molecule is CC(C)(C)c1ccc(O[C@@H](Cc2ccc(OCCN[C@H]3[C@@H]4CN(C(=O)c5cc(C(F)(F)F)cc(C(F)(F)F)c5)C[C@@H]43)cc2)C(=O)O)cc1.Cl. The van der Waals surface area contributed by atoms with Gasteiger partial charge in [-0.25, -0.2) is 4.79 Å². The largest absolute Gasteiger partial charge is 0.492 e. The Hall–Kier alpha value is -3.97. The molecule has 2 aliphatic rings. The van der Waals surface area contributed by atoms with Crippen molar-refractivity contribution in [1.82, 2.24) is 10.2 Å². The quantitative estimate of drug-likeness (QED) is 0.161. The summed E-state index contributed by atoms with van der Waals surface area (Å²) in [5.41, 5.74) is -1.85. The zero-order valence-corrected chi connectivity index (χ0v) is 27.7. The van der Waals surface area contributed by atoms with Gasteiger partial charge in [-0.15, -0.1) is 12.4 Å². The van der Waals surface area contributed by atoms with Crippen LogP contribution < -0.4 is 14.8 Å². The van der Waals surface area contributed by atoms with Crippen molar-refractivity contribution in [3.8, 4) is 11.5 Å². The molecule has 1 saturated carbocycles. The topological polar surface area (TPSA) is 88.1 Å². The van der Waals surface area contributed by atoms with Crippen LogP contribution >= 0.6 is 12.4 Å². The maximum absolute atomic E-state index is 13.2. The van der Waals surface area contributed by atoms with E-state index in [1.807, 2.05) is 12.1 Å². The molecule has 7 nitrogen and oxygen atoms in total. The Labute approximate surface area is 286 Å². The van der Waals surface area contributed by atoms with E-state index in [9.17, 15) is 41.0 Å². The van der Waals surface area contributed by atoms with Crippen molar-refractivity contribution >= 4 is 24.3 Å². The van der Waals surface area contributed by atoms with Crippen LogP contribution in [0.5, 0.6) is 11.5 Å². The Morgan fingerprint density at radius 1 is 0.837 bits per heavy atom. The van der Waals surface area contributed by atoms with Gasteiger partial charge in [-0.3, -0.25) is 4.79 Å². The summed E-state index contributed by atoms with van der Waals surface area (Å²) in [4.78, 5) is 26.0. The average molecular weight is 715 g/mol. The number of rotatable bonds is 11. The molecule has 2 N–H and O–H groups in total. The summed E-state index contributed by atoms with van der Waals surface area (Å²) in [6.45, 7) is 7.50. The number of halogens is 7. The number of carbonyl (C=O) groups excluding carboxylic acids is 1. The van der Waals surface area contributed by atoms with Crippen LogP contribution in [-0.4, -0.2) is 60.3 Å². The monoisotopic (exact) mass is 714 g/mol. The molecule has 266 valence electrons. The predicted molar refractivity (Wildman–Crippen MR) is 171 cm³/mol. The van der Waals surface area contributed by atoms with E-state index in [0.717, 1.165) is 11.1 Å². The van der Waals surface area contributed by atoms with E-state index in [4.69, 9.17) is 9.47 Å². The number of nitrogens with one attached hydrogen (secondary N) is 1. The van der Waals surface area contributed by atoms with Gasteiger partial charge >= 0.3 is 18.3 Å². The number of carboxylic acid groups (broad SMARTS) is 1. The van der Waals surface area contributed by atoms with Crippen LogP contribution in [0.2, 0.25) is 0 Å². The molecule has 0 radical (unpaired) electrons. The molecule has 1 saturated heterocycles. The molecule has 3 aromatic carbocycles. The van der Waals surface area contributed by atoms with E-state index in [1.54, 1.807) is 36.4 Å². The highest BCUT2D eigenvalue weighted by Gasteiger charge is 2.56. The van der Waals surface area contributed by atoms with Gasteiger partial charge in [0.2, 0.25) is 0 Å². The van der Waals surface area contributed by atoms with Crippen LogP contribution in [0.15, 0.2) is 66.7 Å². The number of carboxylic acids is 1. The first-order valence-electron chi connectivity index (χ1n) is 15.4. The minimum absolute atomic E-state index is 0. The number of fused-ring (bicyclic) bond motifs is 1. The lowest BCUT2D eigenvalue weighted by Crippen LogP contribution is -2.36. The fourth-order valence-electron chi connectivity index (χ4n) is 5.96. The molecule has 4 atom stereocenters. The number of alkyl halides is 6. The summed E-state index contributed by atoms with van der Waals surface area (Å²) in [6.07, 6.45) is -11.0. The lowest BCUT2D eigenvalue weighted by Gasteiger charge is -2.22.